The van der Waals surface area contributed by atoms with Gasteiger partial charge in [-0.1, -0.05) is 0 Å². The third kappa shape index (κ3) is 3.42. The molecule has 0 spiro atoms. The minimum atomic E-state index is -1.71. The van der Waals surface area contributed by atoms with E-state index in [-0.39, 0.29) is 12.4 Å². The van der Waals surface area contributed by atoms with Crippen LogP contribution in [-0.4, -0.2) is 23.9 Å². The molecule has 9 heavy (non-hydrogen) atoms. The fourth-order valence-corrected chi connectivity index (χ4v) is 0.114. The van der Waals surface area contributed by atoms with Gasteiger partial charge in [0.1, 0.15) is 0 Å². The molecule has 4 nitrogen and oxygen atoms in total. The molecule has 0 aliphatic carbocycles. The summed E-state index contributed by atoms with van der Waals surface area (Å²) in [7, 11) is 1.24. The Bertz CT molecular complexity index is 104. The maximum absolute atomic E-state index is 10.2. The smallest absolute Gasteiger partial charge is 0.368 e. The molecule has 5 heteroatoms. The highest BCUT2D eigenvalue weighted by Gasteiger charge is 2.30. The molecule has 1 amide bonds. The third-order valence-electron chi connectivity index (χ3n) is 0.915. The van der Waals surface area contributed by atoms with E-state index >= 15 is 0 Å². The molecule has 56 valence electrons. The molecule has 0 unspecified atom stereocenters. The average molecular weight is 156 g/mol. The first-order chi connectivity index (χ1) is 3.50. The van der Waals surface area contributed by atoms with E-state index in [9.17, 15) is 4.79 Å². The summed E-state index contributed by atoms with van der Waals surface area (Å²) in [5.74, 6) is -2.35. The van der Waals surface area contributed by atoms with Crippen molar-refractivity contribution in [2.45, 2.75) is 12.7 Å². The minimum Gasteiger partial charge on any atom is -1.00 e. The molecule has 0 aliphatic rings. The van der Waals surface area contributed by atoms with Gasteiger partial charge in [-0.2, -0.15) is 0 Å². The minimum absolute atomic E-state index is 0. The number of hydrogen-bond acceptors (Lipinski definition) is 3. The molecule has 0 aromatic heterocycles. The van der Waals surface area contributed by atoms with E-state index in [0.29, 0.717) is 0 Å². The van der Waals surface area contributed by atoms with Gasteiger partial charge >= 0.3 is 5.91 Å². The third-order valence-corrected chi connectivity index (χ3v) is 0.915. The zero-order valence-corrected chi connectivity index (χ0v) is 6.10. The molecule has 0 rings (SSSR count). The maximum atomic E-state index is 10.2. The van der Waals surface area contributed by atoms with Crippen LogP contribution >= 0.6 is 0 Å². The van der Waals surface area contributed by atoms with E-state index in [4.69, 9.17) is 5.11 Å². The quantitative estimate of drug-likeness (QED) is 0.393. The SMILES string of the molecule is CO[C@@](C)(O)C([NH3+])=O.[Cl-]. The number of hydrogen-bond donors (Lipinski definition) is 2. The molecule has 0 aliphatic heterocycles. The Kier molecular flexibility index (Phi) is 4.89. The van der Waals surface area contributed by atoms with Gasteiger partial charge in [0.05, 0.1) is 0 Å². The van der Waals surface area contributed by atoms with Crippen LogP contribution < -0.4 is 18.1 Å². The van der Waals surface area contributed by atoms with E-state index in [2.05, 4.69) is 10.5 Å². The summed E-state index contributed by atoms with van der Waals surface area (Å²) in [6, 6.07) is 0. The lowest BCUT2D eigenvalue weighted by atomic mass is 10.3. The number of ether oxygens (including phenoxy) is 1. The molecule has 0 saturated carbocycles. The molecular weight excluding hydrogens is 146 g/mol. The topological polar surface area (TPSA) is 74.2 Å². The summed E-state index contributed by atoms with van der Waals surface area (Å²) in [6.45, 7) is 1.24. The highest BCUT2D eigenvalue weighted by molar-refractivity contribution is 5.72. The van der Waals surface area contributed by atoms with Crippen molar-refractivity contribution in [1.29, 1.82) is 0 Å². The van der Waals surface area contributed by atoms with Crippen LogP contribution in [0.25, 0.3) is 0 Å². The predicted molar refractivity (Wildman–Crippen MR) is 25.5 cm³/mol. The first kappa shape index (κ1) is 11.6. The van der Waals surface area contributed by atoms with Gasteiger partial charge in [-0.25, -0.2) is 4.79 Å². The predicted octanol–water partition coefficient (Wildman–Crippen LogP) is -4.89. The monoisotopic (exact) mass is 155 g/mol. The summed E-state index contributed by atoms with van der Waals surface area (Å²) in [4.78, 5) is 10.2. The average Bonchev–Trinajstić information content (AvgIpc) is 1.67. The van der Waals surface area contributed by atoms with Crippen LogP contribution in [0.4, 0.5) is 0 Å². The number of carbonyl (C=O) groups excluding carboxylic acids is 1. The highest BCUT2D eigenvalue weighted by Crippen LogP contribution is 1.98. The van der Waals surface area contributed by atoms with Crippen molar-refractivity contribution in [1.82, 2.24) is 0 Å². The van der Waals surface area contributed by atoms with Gasteiger partial charge in [-0.15, -0.1) is 0 Å². The Balaban J connectivity index is 0. The lowest BCUT2D eigenvalue weighted by Crippen LogP contribution is -3.00. The van der Waals surface area contributed by atoms with Gasteiger partial charge in [0.2, 0.25) is 0 Å². The van der Waals surface area contributed by atoms with E-state index in [0.717, 1.165) is 0 Å². The number of methoxy groups -OCH3 is 1. The number of carbonyl (C=O) groups is 1. The summed E-state index contributed by atoms with van der Waals surface area (Å²) in [5.41, 5.74) is 2.97. The largest absolute Gasteiger partial charge is 1.00 e. The molecule has 4 N–H and O–H groups in total. The second kappa shape index (κ2) is 3.79. The molecule has 0 saturated heterocycles. The van der Waals surface area contributed by atoms with Crippen molar-refractivity contribution in [2.24, 2.45) is 0 Å². The number of aliphatic hydroxyl groups is 1. The van der Waals surface area contributed by atoms with Gasteiger partial charge in [-0.3, -0.25) is 5.73 Å². The van der Waals surface area contributed by atoms with Crippen LogP contribution in [0.15, 0.2) is 0 Å². The Morgan fingerprint density at radius 2 is 2.11 bits per heavy atom. The Morgan fingerprint density at radius 1 is 1.78 bits per heavy atom. The number of rotatable bonds is 2. The first-order valence-electron chi connectivity index (χ1n) is 2.14. The van der Waals surface area contributed by atoms with E-state index in [1.165, 1.54) is 14.0 Å². The normalized spacial score (nSPS) is 15.6. The first-order valence-corrected chi connectivity index (χ1v) is 2.14. The summed E-state index contributed by atoms with van der Waals surface area (Å²) < 4.78 is 4.34. The van der Waals surface area contributed by atoms with E-state index < -0.39 is 11.7 Å². The van der Waals surface area contributed by atoms with Crippen molar-refractivity contribution < 1.29 is 32.8 Å². The Morgan fingerprint density at radius 3 is 2.11 bits per heavy atom. The van der Waals surface area contributed by atoms with Crippen LogP contribution in [0.1, 0.15) is 6.92 Å². The molecule has 0 bridgehead atoms. The van der Waals surface area contributed by atoms with Crippen molar-refractivity contribution in [3.63, 3.8) is 0 Å². The van der Waals surface area contributed by atoms with Gasteiger partial charge in [0.25, 0.3) is 5.79 Å². The second-order valence-electron chi connectivity index (χ2n) is 1.61. The van der Waals surface area contributed by atoms with Crippen molar-refractivity contribution >= 4 is 5.91 Å². The molecule has 0 aromatic carbocycles. The summed E-state index contributed by atoms with van der Waals surface area (Å²) in [5, 5.41) is 8.77. The lowest BCUT2D eigenvalue weighted by Gasteiger charge is -2.12. The zero-order valence-electron chi connectivity index (χ0n) is 5.35. The Hall–Kier alpha value is -0.160. The molecule has 1 atom stereocenters. The second-order valence-corrected chi connectivity index (χ2v) is 1.61. The molecule has 0 aromatic rings. The van der Waals surface area contributed by atoms with Gasteiger partial charge in [0, 0.05) is 14.0 Å². The lowest BCUT2D eigenvalue weighted by molar-refractivity contribution is -0.346. The van der Waals surface area contributed by atoms with Crippen LogP contribution in [0, 0.1) is 0 Å². The number of halogens is 1. The van der Waals surface area contributed by atoms with E-state index in [1.807, 2.05) is 0 Å². The standard InChI is InChI=1S/C4H9NO3.ClH/c1-4(7,8-2)3(5)6;/h7H,1-2H3,(H2,5,6);1H/t4-;/m1./s1. The maximum Gasteiger partial charge on any atom is 0.368 e. The molecular formula is C4H10ClNO3. The Labute approximate surface area is 59.4 Å². The molecule has 0 radical (unpaired) electrons. The fourth-order valence-electron chi connectivity index (χ4n) is 0.114. The highest BCUT2D eigenvalue weighted by atomic mass is 35.5. The van der Waals surface area contributed by atoms with Crippen molar-refractivity contribution in [2.75, 3.05) is 7.11 Å². The van der Waals surface area contributed by atoms with Crippen molar-refractivity contribution in [3.05, 3.63) is 0 Å². The van der Waals surface area contributed by atoms with E-state index in [1.54, 1.807) is 0 Å². The van der Waals surface area contributed by atoms with Crippen LogP contribution in [-0.2, 0) is 9.53 Å². The van der Waals surface area contributed by atoms with Gasteiger partial charge in [0.15, 0.2) is 0 Å². The molecule has 0 fully saturated rings. The fraction of sp³-hybridized carbons (Fsp3) is 0.750. The number of quaternary nitrogens is 1. The van der Waals surface area contributed by atoms with Crippen LogP contribution in [0.2, 0.25) is 0 Å². The van der Waals surface area contributed by atoms with Crippen LogP contribution in [0.3, 0.4) is 0 Å². The van der Waals surface area contributed by atoms with Crippen LogP contribution in [0.5, 0.6) is 0 Å². The summed E-state index contributed by atoms with van der Waals surface area (Å²) in [6.07, 6.45) is 0. The molecule has 0 heterocycles. The van der Waals surface area contributed by atoms with Crippen molar-refractivity contribution in [3.8, 4) is 0 Å². The number of amides is 1. The zero-order chi connectivity index (χ0) is 6.78. The van der Waals surface area contributed by atoms with Gasteiger partial charge in [-0.05, 0) is 0 Å². The summed E-state index contributed by atoms with van der Waals surface area (Å²) >= 11 is 0. The van der Waals surface area contributed by atoms with Gasteiger partial charge < -0.3 is 22.3 Å².